The van der Waals surface area contributed by atoms with Gasteiger partial charge in [0.25, 0.3) is 5.91 Å². The van der Waals surface area contributed by atoms with Crippen molar-refractivity contribution in [2.75, 3.05) is 20.1 Å². The molecule has 0 bridgehead atoms. The number of rotatable bonds is 3. The van der Waals surface area contributed by atoms with Gasteiger partial charge >= 0.3 is 5.97 Å². The number of aliphatic carboxylic acids is 1. The van der Waals surface area contributed by atoms with Gasteiger partial charge in [-0.05, 0) is 38.8 Å². The first kappa shape index (κ1) is 13.3. The molecule has 2 aliphatic heterocycles. The predicted molar refractivity (Wildman–Crippen MR) is 64.2 cm³/mol. The lowest BCUT2D eigenvalue weighted by Gasteiger charge is -2.33. The molecule has 2 heterocycles. The van der Waals surface area contributed by atoms with E-state index in [2.05, 4.69) is 5.32 Å². The molecule has 2 saturated heterocycles. The van der Waals surface area contributed by atoms with Crippen molar-refractivity contribution in [2.24, 2.45) is 0 Å². The minimum Gasteiger partial charge on any atom is -0.479 e. The van der Waals surface area contributed by atoms with Crippen LogP contribution in [0.1, 0.15) is 25.7 Å². The zero-order chi connectivity index (χ0) is 13.1. The van der Waals surface area contributed by atoms with E-state index in [0.717, 1.165) is 25.9 Å². The van der Waals surface area contributed by atoms with E-state index in [1.165, 1.54) is 0 Å². The number of carbonyl (C=O) groups is 2. The highest BCUT2D eigenvalue weighted by Crippen LogP contribution is 2.23. The number of hydrogen-bond donors (Lipinski definition) is 2. The monoisotopic (exact) mass is 256 g/mol. The normalized spacial score (nSPS) is 29.2. The summed E-state index contributed by atoms with van der Waals surface area (Å²) in [6.07, 6.45) is 1.41. The average molecular weight is 256 g/mol. The average Bonchev–Trinajstić information content (AvgIpc) is 2.88. The van der Waals surface area contributed by atoms with E-state index in [0.29, 0.717) is 12.8 Å². The van der Waals surface area contributed by atoms with Crippen molar-refractivity contribution < 1.29 is 19.4 Å². The molecule has 1 amide bonds. The maximum absolute atomic E-state index is 12.2. The first-order chi connectivity index (χ1) is 8.59. The van der Waals surface area contributed by atoms with Crippen molar-refractivity contribution in [1.29, 1.82) is 0 Å². The lowest BCUT2D eigenvalue weighted by atomic mass is 10.0. The summed E-state index contributed by atoms with van der Waals surface area (Å²) in [5, 5.41) is 12.1. The number of carboxylic acids is 1. The van der Waals surface area contributed by atoms with Crippen LogP contribution in [0.15, 0.2) is 0 Å². The third-order valence-corrected chi connectivity index (χ3v) is 3.77. The van der Waals surface area contributed by atoms with Crippen molar-refractivity contribution in [3.05, 3.63) is 0 Å². The van der Waals surface area contributed by atoms with Gasteiger partial charge in [0.05, 0.1) is 0 Å². The molecule has 2 rings (SSSR count). The number of carbonyl (C=O) groups excluding carboxylic acids is 1. The van der Waals surface area contributed by atoms with E-state index < -0.39 is 18.2 Å². The van der Waals surface area contributed by atoms with Gasteiger partial charge in [-0.3, -0.25) is 4.79 Å². The molecule has 6 heteroatoms. The second kappa shape index (κ2) is 5.67. The molecule has 102 valence electrons. The zero-order valence-corrected chi connectivity index (χ0v) is 10.6. The Labute approximate surface area is 106 Å². The summed E-state index contributed by atoms with van der Waals surface area (Å²) in [4.78, 5) is 24.7. The fraction of sp³-hybridized carbons (Fsp3) is 0.833. The van der Waals surface area contributed by atoms with Crippen molar-refractivity contribution >= 4 is 11.9 Å². The molecule has 2 N–H and O–H groups in total. The fourth-order valence-electron chi connectivity index (χ4n) is 2.60. The molecule has 0 aromatic heterocycles. The molecule has 0 radical (unpaired) electrons. The van der Waals surface area contributed by atoms with Gasteiger partial charge in [-0.1, -0.05) is 0 Å². The van der Waals surface area contributed by atoms with Gasteiger partial charge in [0, 0.05) is 13.1 Å². The first-order valence-corrected chi connectivity index (χ1v) is 6.45. The summed E-state index contributed by atoms with van der Waals surface area (Å²) in [5.74, 6) is -1.06. The number of piperidine rings is 1. The van der Waals surface area contributed by atoms with E-state index >= 15 is 0 Å². The van der Waals surface area contributed by atoms with E-state index in [1.54, 1.807) is 11.9 Å². The van der Waals surface area contributed by atoms with Crippen molar-refractivity contribution in [2.45, 2.75) is 43.9 Å². The number of nitrogens with one attached hydrogen (secondary N) is 1. The second-order valence-corrected chi connectivity index (χ2v) is 4.96. The highest BCUT2D eigenvalue weighted by atomic mass is 16.5. The number of ether oxygens (including phenoxy) is 1. The van der Waals surface area contributed by atoms with Crippen LogP contribution in [0.4, 0.5) is 0 Å². The Morgan fingerprint density at radius 1 is 1.17 bits per heavy atom. The summed E-state index contributed by atoms with van der Waals surface area (Å²) >= 11 is 0. The highest BCUT2D eigenvalue weighted by Gasteiger charge is 2.37. The number of nitrogens with zero attached hydrogens (tertiary/aromatic N) is 1. The Hall–Kier alpha value is -1.14. The number of carboxylic acid groups (broad SMARTS) is 1. The van der Waals surface area contributed by atoms with Crippen LogP contribution in [0.3, 0.4) is 0 Å². The predicted octanol–water partition coefficient (Wildman–Crippen LogP) is -0.171. The minimum absolute atomic E-state index is 0.0781. The van der Waals surface area contributed by atoms with Gasteiger partial charge in [0.2, 0.25) is 0 Å². The third-order valence-electron chi connectivity index (χ3n) is 3.77. The smallest absolute Gasteiger partial charge is 0.332 e. The van der Waals surface area contributed by atoms with Gasteiger partial charge < -0.3 is 20.1 Å². The van der Waals surface area contributed by atoms with Crippen LogP contribution in [0.25, 0.3) is 0 Å². The van der Waals surface area contributed by atoms with Crippen LogP contribution >= 0.6 is 0 Å². The summed E-state index contributed by atoms with van der Waals surface area (Å²) in [7, 11) is 1.79. The van der Waals surface area contributed by atoms with Crippen LogP contribution in [0, 0.1) is 0 Å². The van der Waals surface area contributed by atoms with Crippen molar-refractivity contribution in [3.8, 4) is 0 Å². The molecule has 6 nitrogen and oxygen atoms in total. The summed E-state index contributed by atoms with van der Waals surface area (Å²) in [6, 6.07) is 0.242. The molecule has 2 aliphatic rings. The minimum atomic E-state index is -0.977. The van der Waals surface area contributed by atoms with Crippen LogP contribution in [-0.4, -0.2) is 60.3 Å². The van der Waals surface area contributed by atoms with Gasteiger partial charge in [-0.25, -0.2) is 4.79 Å². The summed E-state index contributed by atoms with van der Waals surface area (Å²) in [6.45, 7) is 1.84. The highest BCUT2D eigenvalue weighted by molar-refractivity contribution is 5.82. The van der Waals surface area contributed by atoms with E-state index in [9.17, 15) is 9.59 Å². The Morgan fingerprint density at radius 2 is 1.78 bits per heavy atom. The van der Waals surface area contributed by atoms with Gasteiger partial charge in [-0.15, -0.1) is 0 Å². The number of likely N-dealkylation sites (N-methyl/N-ethyl adjacent to an activating group) is 1. The Morgan fingerprint density at radius 3 is 2.33 bits per heavy atom. The lowest BCUT2D eigenvalue weighted by molar-refractivity contribution is -0.155. The molecule has 0 saturated carbocycles. The van der Waals surface area contributed by atoms with Crippen molar-refractivity contribution in [3.63, 3.8) is 0 Å². The molecule has 2 unspecified atom stereocenters. The molecule has 18 heavy (non-hydrogen) atoms. The molecule has 0 aromatic carbocycles. The van der Waals surface area contributed by atoms with Crippen LogP contribution in [0.2, 0.25) is 0 Å². The zero-order valence-electron chi connectivity index (χ0n) is 10.6. The third kappa shape index (κ3) is 2.81. The summed E-state index contributed by atoms with van der Waals surface area (Å²) in [5.41, 5.74) is 0. The molecule has 0 spiro atoms. The molecule has 2 atom stereocenters. The number of amides is 1. The van der Waals surface area contributed by atoms with E-state index in [4.69, 9.17) is 9.84 Å². The van der Waals surface area contributed by atoms with Crippen LogP contribution < -0.4 is 5.32 Å². The van der Waals surface area contributed by atoms with E-state index in [-0.39, 0.29) is 11.9 Å². The molecule has 2 fully saturated rings. The second-order valence-electron chi connectivity index (χ2n) is 4.96. The van der Waals surface area contributed by atoms with Crippen LogP contribution in [-0.2, 0) is 14.3 Å². The lowest BCUT2D eigenvalue weighted by Crippen LogP contribution is -2.47. The fourth-order valence-corrected chi connectivity index (χ4v) is 2.60. The SMILES string of the molecule is CN(C(=O)C1CCC(C(=O)O)O1)C1CCNCC1. The first-order valence-electron chi connectivity index (χ1n) is 6.45. The Balaban J connectivity index is 1.89. The maximum Gasteiger partial charge on any atom is 0.332 e. The van der Waals surface area contributed by atoms with Gasteiger partial charge in [-0.2, -0.15) is 0 Å². The molecule has 0 aliphatic carbocycles. The summed E-state index contributed by atoms with van der Waals surface area (Å²) < 4.78 is 5.29. The Bertz CT molecular complexity index is 328. The molecule has 0 aromatic rings. The topological polar surface area (TPSA) is 78.9 Å². The molecular formula is C12H20N2O4. The number of hydrogen-bond acceptors (Lipinski definition) is 4. The van der Waals surface area contributed by atoms with Crippen LogP contribution in [0.5, 0.6) is 0 Å². The van der Waals surface area contributed by atoms with Crippen molar-refractivity contribution in [1.82, 2.24) is 10.2 Å². The maximum atomic E-state index is 12.2. The standard InChI is InChI=1S/C12H20N2O4/c1-14(8-4-6-13-7-5-8)11(15)9-2-3-10(18-9)12(16)17/h8-10,13H,2-7H2,1H3,(H,16,17). The van der Waals surface area contributed by atoms with E-state index in [1.807, 2.05) is 0 Å². The van der Waals surface area contributed by atoms with Gasteiger partial charge in [0.1, 0.15) is 6.10 Å². The quantitative estimate of drug-likeness (QED) is 0.733. The largest absolute Gasteiger partial charge is 0.479 e. The molecular weight excluding hydrogens is 236 g/mol. The Kier molecular flexibility index (Phi) is 4.19. The van der Waals surface area contributed by atoms with Gasteiger partial charge in [0.15, 0.2) is 6.10 Å².